The van der Waals surface area contributed by atoms with Gasteiger partial charge in [0.15, 0.2) is 6.61 Å². The SMILES string of the molecule is CCC(C)(C)C(=O)OCC(F)(F)C(F)(F)C(F)F. The van der Waals surface area contributed by atoms with Crippen LogP contribution >= 0.6 is 0 Å². The summed E-state index contributed by atoms with van der Waals surface area (Å²) in [6.45, 7) is 2.21. The number of carbonyl (C=O) groups excluding carboxylic acids is 1. The lowest BCUT2D eigenvalue weighted by Gasteiger charge is -2.27. The van der Waals surface area contributed by atoms with E-state index in [0.29, 0.717) is 0 Å². The van der Waals surface area contributed by atoms with E-state index in [1.54, 1.807) is 6.92 Å². The van der Waals surface area contributed by atoms with Crippen LogP contribution in [0, 0.1) is 5.41 Å². The molecule has 0 amide bonds. The Bertz CT molecular complexity index is 301. The first-order valence-corrected chi connectivity index (χ1v) is 5.09. The van der Waals surface area contributed by atoms with E-state index < -0.39 is 36.3 Å². The molecule has 0 aliphatic carbocycles. The van der Waals surface area contributed by atoms with Gasteiger partial charge in [0.05, 0.1) is 5.41 Å². The molecule has 18 heavy (non-hydrogen) atoms. The number of hydrogen-bond acceptors (Lipinski definition) is 2. The van der Waals surface area contributed by atoms with Crippen LogP contribution < -0.4 is 0 Å². The van der Waals surface area contributed by atoms with Crippen LogP contribution in [0.2, 0.25) is 0 Å². The molecular weight excluding hydrogens is 266 g/mol. The van der Waals surface area contributed by atoms with Crippen molar-refractivity contribution < 1.29 is 35.9 Å². The Labute approximate surface area is 100 Å². The van der Waals surface area contributed by atoms with Crippen molar-refractivity contribution in [3.8, 4) is 0 Å². The molecule has 0 aromatic rings. The van der Waals surface area contributed by atoms with E-state index in [4.69, 9.17) is 0 Å². The number of hydrogen-bond donors (Lipinski definition) is 0. The van der Waals surface area contributed by atoms with E-state index in [0.717, 1.165) is 0 Å². The second kappa shape index (κ2) is 5.36. The van der Waals surface area contributed by atoms with Gasteiger partial charge in [0, 0.05) is 0 Å². The molecule has 0 atom stereocenters. The Morgan fingerprint density at radius 2 is 1.61 bits per heavy atom. The van der Waals surface area contributed by atoms with Crippen molar-refractivity contribution in [3.63, 3.8) is 0 Å². The maximum Gasteiger partial charge on any atom is 0.372 e. The molecule has 0 saturated carbocycles. The summed E-state index contributed by atoms with van der Waals surface area (Å²) in [5.41, 5.74) is -1.14. The monoisotopic (exact) mass is 280 g/mol. The van der Waals surface area contributed by atoms with Gasteiger partial charge in [-0.05, 0) is 20.3 Å². The Morgan fingerprint density at radius 3 is 1.94 bits per heavy atom. The van der Waals surface area contributed by atoms with Gasteiger partial charge in [-0.2, -0.15) is 17.6 Å². The van der Waals surface area contributed by atoms with Gasteiger partial charge in [0.2, 0.25) is 0 Å². The number of rotatable bonds is 6. The van der Waals surface area contributed by atoms with E-state index in [2.05, 4.69) is 4.74 Å². The van der Waals surface area contributed by atoms with Crippen LogP contribution in [0.15, 0.2) is 0 Å². The molecule has 0 fully saturated rings. The maximum atomic E-state index is 12.8. The average Bonchev–Trinajstić information content (AvgIpc) is 2.25. The average molecular weight is 280 g/mol. The summed E-state index contributed by atoms with van der Waals surface area (Å²) in [5, 5.41) is 0. The fraction of sp³-hybridized carbons (Fsp3) is 0.900. The first-order chi connectivity index (χ1) is 7.88. The highest BCUT2D eigenvalue weighted by Crippen LogP contribution is 2.39. The van der Waals surface area contributed by atoms with Crippen molar-refractivity contribution in [2.24, 2.45) is 5.41 Å². The molecule has 0 N–H and O–H groups in total. The minimum atomic E-state index is -5.54. The lowest BCUT2D eigenvalue weighted by atomic mass is 9.91. The van der Waals surface area contributed by atoms with Crippen molar-refractivity contribution in [2.75, 3.05) is 6.61 Å². The number of alkyl halides is 6. The number of esters is 1. The van der Waals surface area contributed by atoms with Crippen molar-refractivity contribution >= 4 is 5.97 Å². The van der Waals surface area contributed by atoms with Gasteiger partial charge in [-0.25, -0.2) is 8.78 Å². The summed E-state index contributed by atoms with van der Waals surface area (Å²) < 4.78 is 78.0. The maximum absolute atomic E-state index is 12.8. The van der Waals surface area contributed by atoms with Gasteiger partial charge >= 0.3 is 24.2 Å². The molecular formula is C10H14F6O2. The zero-order chi connectivity index (χ0) is 14.8. The summed E-state index contributed by atoms with van der Waals surface area (Å²) >= 11 is 0. The third kappa shape index (κ3) is 3.52. The molecule has 0 heterocycles. The summed E-state index contributed by atoms with van der Waals surface area (Å²) in [6, 6.07) is 0. The van der Waals surface area contributed by atoms with Crippen molar-refractivity contribution in [1.82, 2.24) is 0 Å². The van der Waals surface area contributed by atoms with Crippen LogP contribution in [0.4, 0.5) is 26.3 Å². The van der Waals surface area contributed by atoms with Crippen LogP contribution in [0.1, 0.15) is 27.2 Å². The molecule has 0 bridgehead atoms. The first-order valence-electron chi connectivity index (χ1n) is 5.09. The molecule has 0 spiro atoms. The highest BCUT2D eigenvalue weighted by atomic mass is 19.3. The second-order valence-electron chi connectivity index (χ2n) is 4.44. The van der Waals surface area contributed by atoms with Crippen LogP contribution in [0.25, 0.3) is 0 Å². The van der Waals surface area contributed by atoms with E-state index in [9.17, 15) is 31.1 Å². The summed E-state index contributed by atoms with van der Waals surface area (Å²) in [7, 11) is 0. The molecule has 8 heteroatoms. The van der Waals surface area contributed by atoms with Gasteiger partial charge in [-0.15, -0.1) is 0 Å². The van der Waals surface area contributed by atoms with Crippen molar-refractivity contribution in [1.29, 1.82) is 0 Å². The van der Waals surface area contributed by atoms with Crippen LogP contribution in [0.5, 0.6) is 0 Å². The fourth-order valence-electron chi connectivity index (χ4n) is 0.752. The topological polar surface area (TPSA) is 26.3 Å². The van der Waals surface area contributed by atoms with Crippen molar-refractivity contribution in [2.45, 2.75) is 45.5 Å². The minimum absolute atomic E-state index is 0.225. The van der Waals surface area contributed by atoms with Gasteiger partial charge in [0.25, 0.3) is 0 Å². The molecule has 108 valence electrons. The zero-order valence-corrected chi connectivity index (χ0v) is 10.1. The molecule has 0 aromatic carbocycles. The molecule has 0 rings (SSSR count). The Balaban J connectivity index is 4.68. The highest BCUT2D eigenvalue weighted by molar-refractivity contribution is 5.75. The third-order valence-electron chi connectivity index (χ3n) is 2.58. The van der Waals surface area contributed by atoms with Gasteiger partial charge in [-0.1, -0.05) is 6.92 Å². The quantitative estimate of drug-likeness (QED) is 0.550. The number of halogens is 6. The largest absolute Gasteiger partial charge is 0.459 e. The van der Waals surface area contributed by atoms with E-state index in [1.165, 1.54) is 13.8 Å². The standard InChI is InChI=1S/C10H14F6O2/c1-4-8(2,3)7(17)18-5-9(13,14)10(15,16)6(11)12/h6H,4-5H2,1-3H3. The van der Waals surface area contributed by atoms with Gasteiger partial charge < -0.3 is 4.74 Å². The van der Waals surface area contributed by atoms with E-state index in [1.807, 2.05) is 0 Å². The molecule has 0 aliphatic heterocycles. The van der Waals surface area contributed by atoms with E-state index >= 15 is 0 Å². The Morgan fingerprint density at radius 1 is 1.17 bits per heavy atom. The molecule has 0 aromatic heterocycles. The Hall–Kier alpha value is -0.950. The highest BCUT2D eigenvalue weighted by Gasteiger charge is 2.63. The van der Waals surface area contributed by atoms with Crippen LogP contribution in [-0.2, 0) is 9.53 Å². The predicted octanol–water partition coefficient (Wildman–Crippen LogP) is 3.50. The minimum Gasteiger partial charge on any atom is -0.459 e. The van der Waals surface area contributed by atoms with Crippen LogP contribution in [-0.4, -0.2) is 30.8 Å². The normalized spacial score (nSPS) is 13.9. The summed E-state index contributed by atoms with van der Waals surface area (Å²) in [5.74, 6) is -11.8. The Kier molecular flexibility index (Phi) is 5.07. The summed E-state index contributed by atoms with van der Waals surface area (Å²) in [6.07, 6.45) is -4.31. The number of ether oxygens (including phenoxy) is 1. The first kappa shape index (κ1) is 17.1. The van der Waals surface area contributed by atoms with Crippen LogP contribution in [0.3, 0.4) is 0 Å². The summed E-state index contributed by atoms with van der Waals surface area (Å²) in [4.78, 5) is 11.3. The lowest BCUT2D eigenvalue weighted by Crippen LogP contribution is -2.50. The number of carbonyl (C=O) groups is 1. The van der Waals surface area contributed by atoms with E-state index in [-0.39, 0.29) is 6.42 Å². The molecule has 2 nitrogen and oxygen atoms in total. The smallest absolute Gasteiger partial charge is 0.372 e. The fourth-order valence-corrected chi connectivity index (χ4v) is 0.752. The third-order valence-corrected chi connectivity index (χ3v) is 2.58. The van der Waals surface area contributed by atoms with Gasteiger partial charge in [-0.3, -0.25) is 4.79 Å². The van der Waals surface area contributed by atoms with Gasteiger partial charge in [0.1, 0.15) is 0 Å². The van der Waals surface area contributed by atoms with Crippen molar-refractivity contribution in [3.05, 3.63) is 0 Å². The molecule has 0 saturated heterocycles. The lowest BCUT2D eigenvalue weighted by molar-refractivity contribution is -0.277. The molecule has 0 unspecified atom stereocenters. The molecule has 0 aliphatic rings. The second-order valence-corrected chi connectivity index (χ2v) is 4.44. The molecule has 0 radical (unpaired) electrons. The predicted molar refractivity (Wildman–Crippen MR) is 50.9 cm³/mol. The zero-order valence-electron chi connectivity index (χ0n) is 10.1.